The van der Waals surface area contributed by atoms with Crippen LogP contribution in [0, 0.1) is 11.6 Å². The van der Waals surface area contributed by atoms with Crippen LogP contribution in [0.4, 0.5) is 14.5 Å². The van der Waals surface area contributed by atoms with Gasteiger partial charge in [-0.05, 0) is 30.3 Å². The normalized spacial score (nSPS) is 13.9. The molecule has 0 aromatic heterocycles. The van der Waals surface area contributed by atoms with Crippen LogP contribution < -0.4 is 11.3 Å². The standard InChI is InChI=1S/C15H12F2N4/c16-9-5-6-13-11(7-9)15(19-8-14(20-13)21-18)10-3-1-2-4-12(10)17/h1-7H,8,18H2,(H,20,21). The predicted octanol–water partition coefficient (Wildman–Crippen LogP) is 2.31. The number of nitrogens with one attached hydrogen (secondary N) is 1. The second-order valence-corrected chi connectivity index (χ2v) is 4.51. The van der Waals surface area contributed by atoms with Crippen LogP contribution in [-0.2, 0) is 0 Å². The van der Waals surface area contributed by atoms with Crippen LogP contribution in [0.2, 0.25) is 0 Å². The van der Waals surface area contributed by atoms with Crippen LogP contribution in [-0.4, -0.2) is 18.1 Å². The van der Waals surface area contributed by atoms with Gasteiger partial charge >= 0.3 is 0 Å². The van der Waals surface area contributed by atoms with Crippen LogP contribution >= 0.6 is 0 Å². The van der Waals surface area contributed by atoms with Gasteiger partial charge in [0.2, 0.25) is 0 Å². The molecule has 0 saturated heterocycles. The molecule has 1 aliphatic rings. The van der Waals surface area contributed by atoms with E-state index in [0.717, 1.165) is 0 Å². The Kier molecular flexibility index (Phi) is 3.45. The number of aliphatic imine (C=N–C) groups is 2. The van der Waals surface area contributed by atoms with Crippen molar-refractivity contribution in [2.45, 2.75) is 0 Å². The molecule has 3 rings (SSSR count). The molecule has 0 amide bonds. The number of fused-ring (bicyclic) bond motifs is 1. The lowest BCUT2D eigenvalue weighted by Crippen LogP contribution is -2.32. The monoisotopic (exact) mass is 286 g/mol. The summed E-state index contributed by atoms with van der Waals surface area (Å²) in [4.78, 5) is 8.61. The first kappa shape index (κ1) is 13.4. The molecule has 1 heterocycles. The van der Waals surface area contributed by atoms with E-state index in [0.29, 0.717) is 28.4 Å². The highest BCUT2D eigenvalue weighted by molar-refractivity contribution is 6.17. The van der Waals surface area contributed by atoms with E-state index in [4.69, 9.17) is 5.84 Å². The van der Waals surface area contributed by atoms with Crippen molar-refractivity contribution in [2.24, 2.45) is 15.8 Å². The third kappa shape index (κ3) is 2.53. The predicted molar refractivity (Wildman–Crippen MR) is 77.7 cm³/mol. The quantitative estimate of drug-likeness (QED) is 0.624. The van der Waals surface area contributed by atoms with Crippen LogP contribution in [0.1, 0.15) is 11.1 Å². The Balaban J connectivity index is 2.22. The van der Waals surface area contributed by atoms with Gasteiger partial charge in [-0.2, -0.15) is 0 Å². The van der Waals surface area contributed by atoms with Crippen molar-refractivity contribution in [3.05, 3.63) is 65.2 Å². The molecule has 0 atom stereocenters. The maximum Gasteiger partial charge on any atom is 0.138 e. The molecule has 21 heavy (non-hydrogen) atoms. The highest BCUT2D eigenvalue weighted by atomic mass is 19.1. The Labute approximate surface area is 120 Å². The Hall–Kier alpha value is -2.60. The average molecular weight is 286 g/mol. The highest BCUT2D eigenvalue weighted by Gasteiger charge is 2.19. The molecule has 2 aromatic rings. The highest BCUT2D eigenvalue weighted by Crippen LogP contribution is 2.27. The van der Waals surface area contributed by atoms with Crippen molar-refractivity contribution in [1.29, 1.82) is 0 Å². The molecular weight excluding hydrogens is 274 g/mol. The van der Waals surface area contributed by atoms with Crippen LogP contribution in [0.25, 0.3) is 0 Å². The molecule has 1 aliphatic heterocycles. The third-order valence-electron chi connectivity index (χ3n) is 3.15. The van der Waals surface area contributed by atoms with E-state index in [-0.39, 0.29) is 6.54 Å². The first-order valence-corrected chi connectivity index (χ1v) is 6.32. The minimum absolute atomic E-state index is 0.163. The van der Waals surface area contributed by atoms with E-state index in [2.05, 4.69) is 15.4 Å². The second-order valence-electron chi connectivity index (χ2n) is 4.51. The van der Waals surface area contributed by atoms with E-state index >= 15 is 0 Å². The summed E-state index contributed by atoms with van der Waals surface area (Å²) in [5.74, 6) is 4.95. The molecule has 0 unspecified atom stereocenters. The minimum atomic E-state index is -0.433. The van der Waals surface area contributed by atoms with E-state index in [1.165, 1.54) is 24.3 Å². The number of hydrogen-bond donors (Lipinski definition) is 2. The molecule has 0 radical (unpaired) electrons. The van der Waals surface area contributed by atoms with Crippen molar-refractivity contribution in [1.82, 2.24) is 5.43 Å². The Morgan fingerprint density at radius 3 is 2.62 bits per heavy atom. The van der Waals surface area contributed by atoms with Gasteiger partial charge < -0.3 is 5.43 Å². The van der Waals surface area contributed by atoms with Crippen molar-refractivity contribution in [3.63, 3.8) is 0 Å². The van der Waals surface area contributed by atoms with Crippen LogP contribution in [0.3, 0.4) is 0 Å². The summed E-state index contributed by atoms with van der Waals surface area (Å²) in [6.45, 7) is 0.163. The van der Waals surface area contributed by atoms with Crippen molar-refractivity contribution in [3.8, 4) is 0 Å². The molecule has 0 aliphatic carbocycles. The number of amidine groups is 1. The number of rotatable bonds is 1. The number of halogens is 2. The lowest BCUT2D eigenvalue weighted by molar-refractivity contribution is 0.624. The zero-order valence-electron chi connectivity index (χ0n) is 11.0. The summed E-state index contributed by atoms with van der Waals surface area (Å²) in [5, 5.41) is 0. The number of hydrogen-bond acceptors (Lipinski definition) is 4. The van der Waals surface area contributed by atoms with E-state index in [1.807, 2.05) is 0 Å². The van der Waals surface area contributed by atoms with Gasteiger partial charge in [-0.25, -0.2) is 19.6 Å². The molecule has 0 fully saturated rings. The summed E-state index contributed by atoms with van der Waals surface area (Å²) in [6, 6.07) is 10.3. The minimum Gasteiger partial charge on any atom is -0.310 e. The van der Waals surface area contributed by atoms with Crippen molar-refractivity contribution < 1.29 is 8.78 Å². The molecular formula is C15H12F2N4. The van der Waals surface area contributed by atoms with Crippen molar-refractivity contribution in [2.75, 3.05) is 6.54 Å². The molecule has 4 nitrogen and oxygen atoms in total. The molecule has 0 saturated carbocycles. The largest absolute Gasteiger partial charge is 0.310 e. The first-order valence-electron chi connectivity index (χ1n) is 6.32. The van der Waals surface area contributed by atoms with Gasteiger partial charge in [-0.3, -0.25) is 4.99 Å². The van der Waals surface area contributed by atoms with Crippen LogP contribution in [0.5, 0.6) is 0 Å². The zero-order valence-corrected chi connectivity index (χ0v) is 11.0. The van der Waals surface area contributed by atoms with E-state index in [1.54, 1.807) is 18.2 Å². The Morgan fingerprint density at radius 2 is 1.86 bits per heavy atom. The van der Waals surface area contributed by atoms with E-state index in [9.17, 15) is 8.78 Å². The number of nitrogens with zero attached hydrogens (tertiary/aromatic N) is 2. The smallest absolute Gasteiger partial charge is 0.138 e. The van der Waals surface area contributed by atoms with Crippen LogP contribution in [0.15, 0.2) is 52.4 Å². The molecule has 0 spiro atoms. The molecule has 106 valence electrons. The number of hydrazine groups is 1. The zero-order chi connectivity index (χ0) is 14.8. The molecule has 0 bridgehead atoms. The SMILES string of the molecule is NNC1=Nc2ccc(F)cc2C(c2ccccc2F)=NC1. The van der Waals surface area contributed by atoms with E-state index < -0.39 is 11.6 Å². The maximum atomic E-state index is 14.0. The van der Waals surface area contributed by atoms with Gasteiger partial charge in [-0.15, -0.1) is 0 Å². The number of benzene rings is 2. The topological polar surface area (TPSA) is 62.8 Å². The second kappa shape index (κ2) is 5.41. The summed E-state index contributed by atoms with van der Waals surface area (Å²) in [7, 11) is 0. The third-order valence-corrected chi connectivity index (χ3v) is 3.15. The van der Waals surface area contributed by atoms with Gasteiger partial charge in [0.1, 0.15) is 17.5 Å². The van der Waals surface area contributed by atoms with Gasteiger partial charge in [0.25, 0.3) is 0 Å². The van der Waals surface area contributed by atoms with Crippen molar-refractivity contribution >= 4 is 17.2 Å². The summed E-state index contributed by atoms with van der Waals surface area (Å²) < 4.78 is 27.6. The van der Waals surface area contributed by atoms with Gasteiger partial charge in [0.05, 0.1) is 17.9 Å². The maximum absolute atomic E-state index is 14.0. The summed E-state index contributed by atoms with van der Waals surface area (Å²) in [6.07, 6.45) is 0. The fourth-order valence-electron chi connectivity index (χ4n) is 2.18. The van der Waals surface area contributed by atoms with Gasteiger partial charge in [-0.1, -0.05) is 12.1 Å². The lowest BCUT2D eigenvalue weighted by Gasteiger charge is -2.09. The molecule has 6 heteroatoms. The first-order chi connectivity index (χ1) is 10.2. The van der Waals surface area contributed by atoms with Gasteiger partial charge in [0.15, 0.2) is 0 Å². The fraction of sp³-hybridized carbons (Fsp3) is 0.0667. The molecule has 3 N–H and O–H groups in total. The Bertz CT molecular complexity index is 753. The summed E-state index contributed by atoms with van der Waals surface area (Å²) >= 11 is 0. The van der Waals surface area contributed by atoms with Gasteiger partial charge in [0, 0.05) is 11.1 Å². The molecule has 2 aromatic carbocycles. The number of nitrogens with two attached hydrogens (primary N) is 1. The average Bonchev–Trinajstić information content (AvgIpc) is 2.67. The lowest BCUT2D eigenvalue weighted by atomic mass is 10.00. The Morgan fingerprint density at radius 1 is 1.05 bits per heavy atom. The fourth-order valence-corrected chi connectivity index (χ4v) is 2.18. The summed E-state index contributed by atoms with van der Waals surface area (Å²) in [5.41, 5.74) is 4.03.